The first kappa shape index (κ1) is 14.4. The topological polar surface area (TPSA) is 44.8 Å². The highest BCUT2D eigenvalue weighted by Crippen LogP contribution is 2.55. The molecule has 1 aliphatic rings. The van der Waals surface area contributed by atoms with E-state index >= 15 is 0 Å². The summed E-state index contributed by atoms with van der Waals surface area (Å²) < 4.78 is 29.4. The fourth-order valence-electron chi connectivity index (χ4n) is 1.69. The number of rotatable bonds is 4. The van der Waals surface area contributed by atoms with Crippen molar-refractivity contribution in [3.8, 4) is 0 Å². The molecule has 0 saturated heterocycles. The van der Waals surface area contributed by atoms with Crippen LogP contribution in [0.25, 0.3) is 0 Å². The third-order valence-electron chi connectivity index (χ3n) is 2.45. The zero-order valence-electron chi connectivity index (χ0n) is 10.8. The van der Waals surface area contributed by atoms with Crippen LogP contribution < -0.4 is 5.30 Å². The van der Waals surface area contributed by atoms with E-state index in [-0.39, 0.29) is 11.6 Å². The summed E-state index contributed by atoms with van der Waals surface area (Å²) >= 11 is 5.85. The Morgan fingerprint density at radius 2 is 1.95 bits per heavy atom. The second kappa shape index (κ2) is 6.00. The van der Waals surface area contributed by atoms with Gasteiger partial charge >= 0.3 is 0 Å². The number of hydrogen-bond acceptors (Lipinski definition) is 4. The smallest absolute Gasteiger partial charge is 0.298 e. The van der Waals surface area contributed by atoms with E-state index in [0.29, 0.717) is 23.5 Å². The van der Waals surface area contributed by atoms with Gasteiger partial charge in [-0.2, -0.15) is 0 Å². The van der Waals surface area contributed by atoms with Gasteiger partial charge in [0.05, 0.1) is 6.10 Å². The van der Waals surface area contributed by atoms with Crippen molar-refractivity contribution in [2.75, 3.05) is 13.2 Å². The molecule has 104 valence electrons. The first-order chi connectivity index (χ1) is 9.02. The maximum absolute atomic E-state index is 13.2. The fourth-order valence-corrected chi connectivity index (χ4v) is 3.90. The van der Waals surface area contributed by atoms with Gasteiger partial charge in [-0.15, -0.1) is 0 Å². The Bertz CT molecular complexity index is 510. The molecule has 0 bridgehead atoms. The maximum atomic E-state index is 13.2. The van der Waals surface area contributed by atoms with Gasteiger partial charge in [0, 0.05) is 10.3 Å². The molecule has 0 radical (unpaired) electrons. The average Bonchev–Trinajstić information content (AvgIpc) is 2.39. The molecule has 1 atom stereocenters. The highest BCUT2D eigenvalue weighted by atomic mass is 35.5. The van der Waals surface area contributed by atoms with Gasteiger partial charge in [-0.05, 0) is 38.1 Å². The molecule has 1 aromatic rings. The van der Waals surface area contributed by atoms with Crippen LogP contribution in [0, 0.1) is 0 Å². The molecule has 0 amide bonds. The third kappa shape index (κ3) is 3.33. The quantitative estimate of drug-likeness (QED) is 0.798. The summed E-state index contributed by atoms with van der Waals surface area (Å²) in [7, 11) is -3.27. The molecule has 0 aromatic heterocycles. The molecule has 0 spiro atoms. The second-order valence-electron chi connectivity index (χ2n) is 4.36. The van der Waals surface area contributed by atoms with E-state index in [2.05, 4.69) is 0 Å². The molecule has 1 heterocycles. The van der Waals surface area contributed by atoms with Crippen molar-refractivity contribution in [1.29, 1.82) is 0 Å². The van der Waals surface area contributed by atoms with Crippen LogP contribution in [0.1, 0.15) is 13.8 Å². The lowest BCUT2D eigenvalue weighted by Gasteiger charge is -2.25. The molecule has 1 aromatic carbocycles. The monoisotopic (exact) mass is 302 g/mol. The molecule has 0 aliphatic carbocycles. The van der Waals surface area contributed by atoms with Crippen molar-refractivity contribution >= 4 is 24.3 Å². The van der Waals surface area contributed by atoms with Gasteiger partial charge in [-0.25, -0.2) is 0 Å². The van der Waals surface area contributed by atoms with Gasteiger partial charge in [-0.3, -0.25) is 4.57 Å². The Labute approximate surface area is 117 Å². The third-order valence-corrected chi connectivity index (χ3v) is 5.21. The Kier molecular flexibility index (Phi) is 4.56. The van der Waals surface area contributed by atoms with E-state index < -0.39 is 7.37 Å². The summed E-state index contributed by atoms with van der Waals surface area (Å²) in [4.78, 5) is 0. The standard InChI is InChI=1S/C13H16ClO4P/c1-10(2)18-19(15,13-9-16-7-8-17-13)12-5-3-11(14)4-6-12/h3-6,9-10H,7-8H2,1-2H3. The first-order valence-electron chi connectivity index (χ1n) is 6.02. The zero-order chi connectivity index (χ0) is 13.9. The minimum Gasteiger partial charge on any atom is -0.494 e. The van der Waals surface area contributed by atoms with E-state index in [0.717, 1.165) is 0 Å². The van der Waals surface area contributed by atoms with Crippen molar-refractivity contribution in [3.63, 3.8) is 0 Å². The summed E-state index contributed by atoms with van der Waals surface area (Å²) in [5.41, 5.74) is 0.245. The molecular weight excluding hydrogens is 287 g/mol. The molecule has 6 heteroatoms. The normalized spacial score (nSPS) is 18.2. The molecule has 4 nitrogen and oxygen atoms in total. The predicted octanol–water partition coefficient (Wildman–Crippen LogP) is 3.51. The van der Waals surface area contributed by atoms with Crippen LogP contribution in [-0.2, 0) is 18.6 Å². The van der Waals surface area contributed by atoms with Gasteiger partial charge in [0.25, 0.3) is 7.37 Å². The zero-order valence-corrected chi connectivity index (χ0v) is 12.5. The molecule has 19 heavy (non-hydrogen) atoms. The number of hydrogen-bond donors (Lipinski definition) is 0. The molecule has 0 N–H and O–H groups in total. The number of benzene rings is 1. The summed E-state index contributed by atoms with van der Waals surface area (Å²) in [5.74, 6) is 0. The summed E-state index contributed by atoms with van der Waals surface area (Å²) in [6, 6.07) is 6.73. The summed E-state index contributed by atoms with van der Waals surface area (Å²) in [5, 5.41) is 1.12. The second-order valence-corrected chi connectivity index (χ2v) is 7.06. The van der Waals surface area contributed by atoms with Gasteiger partial charge in [0.15, 0.2) is 0 Å². The van der Waals surface area contributed by atoms with E-state index in [1.807, 2.05) is 13.8 Å². The molecule has 1 unspecified atom stereocenters. The van der Waals surface area contributed by atoms with Crippen molar-refractivity contribution < 1.29 is 18.6 Å². The van der Waals surface area contributed by atoms with Gasteiger partial charge in [0.1, 0.15) is 19.5 Å². The van der Waals surface area contributed by atoms with Crippen molar-refractivity contribution in [1.82, 2.24) is 0 Å². The Balaban J connectivity index is 2.42. The average molecular weight is 303 g/mol. The van der Waals surface area contributed by atoms with E-state index in [4.69, 9.17) is 25.6 Å². The minimum absolute atomic E-state index is 0.201. The number of halogens is 1. The fraction of sp³-hybridized carbons (Fsp3) is 0.385. The SMILES string of the molecule is CC(C)OP(=O)(C1=COCCO1)c1ccc(Cl)cc1. The van der Waals surface area contributed by atoms with Crippen LogP contribution in [0.4, 0.5) is 0 Å². The highest BCUT2D eigenvalue weighted by molar-refractivity contribution is 7.70. The van der Waals surface area contributed by atoms with Crippen molar-refractivity contribution in [3.05, 3.63) is 41.1 Å². The Hall–Kier alpha value is -0.960. The van der Waals surface area contributed by atoms with E-state index in [9.17, 15) is 4.57 Å². The van der Waals surface area contributed by atoms with Crippen LogP contribution in [0.2, 0.25) is 5.02 Å². The van der Waals surface area contributed by atoms with Crippen LogP contribution in [0.5, 0.6) is 0 Å². The predicted molar refractivity (Wildman–Crippen MR) is 74.9 cm³/mol. The lowest BCUT2D eigenvalue weighted by molar-refractivity contribution is 0.0929. The highest BCUT2D eigenvalue weighted by Gasteiger charge is 2.35. The van der Waals surface area contributed by atoms with Crippen molar-refractivity contribution in [2.45, 2.75) is 20.0 Å². The molecule has 0 fully saturated rings. The molecule has 1 aliphatic heterocycles. The van der Waals surface area contributed by atoms with Crippen LogP contribution in [-0.4, -0.2) is 19.3 Å². The van der Waals surface area contributed by atoms with Crippen LogP contribution >= 0.6 is 19.0 Å². The lowest BCUT2D eigenvalue weighted by Crippen LogP contribution is -2.18. The molecule has 2 rings (SSSR count). The number of ether oxygens (including phenoxy) is 2. The molecular formula is C13H16ClO4P. The summed E-state index contributed by atoms with van der Waals surface area (Å²) in [6.45, 7) is 4.47. The Morgan fingerprint density at radius 1 is 1.26 bits per heavy atom. The summed E-state index contributed by atoms with van der Waals surface area (Å²) in [6.07, 6.45) is 1.18. The van der Waals surface area contributed by atoms with E-state index in [1.54, 1.807) is 24.3 Å². The lowest BCUT2D eigenvalue weighted by atomic mass is 10.4. The van der Waals surface area contributed by atoms with Crippen molar-refractivity contribution in [2.24, 2.45) is 0 Å². The van der Waals surface area contributed by atoms with E-state index in [1.165, 1.54) is 6.26 Å². The van der Waals surface area contributed by atoms with Gasteiger partial charge < -0.3 is 14.0 Å². The minimum atomic E-state index is -3.27. The molecule has 0 saturated carbocycles. The maximum Gasteiger partial charge on any atom is 0.298 e. The van der Waals surface area contributed by atoms with Crippen LogP contribution in [0.15, 0.2) is 36.0 Å². The Morgan fingerprint density at radius 3 is 2.47 bits per heavy atom. The van der Waals surface area contributed by atoms with Gasteiger partial charge in [0.2, 0.25) is 5.50 Å². The van der Waals surface area contributed by atoms with Gasteiger partial charge in [-0.1, -0.05) is 11.6 Å². The first-order valence-corrected chi connectivity index (χ1v) is 8.02. The largest absolute Gasteiger partial charge is 0.494 e. The van der Waals surface area contributed by atoms with Crippen LogP contribution in [0.3, 0.4) is 0 Å².